The molecule has 0 bridgehead atoms. The van der Waals surface area contributed by atoms with Crippen LogP contribution in [0.1, 0.15) is 36.2 Å². The van der Waals surface area contributed by atoms with E-state index in [4.69, 9.17) is 0 Å². The van der Waals surface area contributed by atoms with Gasteiger partial charge in [0, 0.05) is 6.54 Å². The minimum absolute atomic E-state index is 0.0505. The third-order valence-electron chi connectivity index (χ3n) is 4.71. The Balaban J connectivity index is 1.69. The van der Waals surface area contributed by atoms with E-state index in [1.54, 1.807) is 11.8 Å². The lowest BCUT2D eigenvalue weighted by Crippen LogP contribution is -2.43. The predicted molar refractivity (Wildman–Crippen MR) is 89.4 cm³/mol. The van der Waals surface area contributed by atoms with Crippen molar-refractivity contribution in [2.24, 2.45) is 5.92 Å². The molecule has 2 aromatic rings. The van der Waals surface area contributed by atoms with Crippen LogP contribution in [0.5, 0.6) is 0 Å². The summed E-state index contributed by atoms with van der Waals surface area (Å²) in [6.45, 7) is 4.38. The molecule has 1 aromatic heterocycles. The van der Waals surface area contributed by atoms with Gasteiger partial charge < -0.3 is 0 Å². The third kappa shape index (κ3) is 2.70. The molecule has 0 radical (unpaired) electrons. The molecular weight excluding hydrogens is 308 g/mol. The van der Waals surface area contributed by atoms with E-state index < -0.39 is 0 Å². The van der Waals surface area contributed by atoms with E-state index in [-0.39, 0.29) is 17.2 Å². The van der Waals surface area contributed by atoms with E-state index >= 15 is 0 Å². The summed E-state index contributed by atoms with van der Waals surface area (Å²) < 4.78 is 1.46. The van der Waals surface area contributed by atoms with Crippen molar-refractivity contribution in [3.63, 3.8) is 0 Å². The Kier molecular flexibility index (Phi) is 3.95. The third-order valence-corrected chi connectivity index (χ3v) is 5.91. The molecule has 0 aliphatic carbocycles. The van der Waals surface area contributed by atoms with Crippen LogP contribution in [0.2, 0.25) is 0 Å². The van der Waals surface area contributed by atoms with Crippen molar-refractivity contribution >= 4 is 17.7 Å². The Morgan fingerprint density at radius 2 is 2.13 bits per heavy atom. The second-order valence-electron chi connectivity index (χ2n) is 6.43. The van der Waals surface area contributed by atoms with Gasteiger partial charge >= 0.3 is 0 Å². The fourth-order valence-corrected chi connectivity index (χ4v) is 4.88. The fourth-order valence-electron chi connectivity index (χ4n) is 3.65. The van der Waals surface area contributed by atoms with Crippen LogP contribution >= 0.6 is 11.8 Å². The molecule has 0 saturated carbocycles. The number of nitrogens with zero attached hydrogens (tertiary/aromatic N) is 4. The number of fused-ring (bicyclic) bond motifs is 1. The molecule has 1 saturated heterocycles. The zero-order chi connectivity index (χ0) is 15.8. The molecule has 0 N–H and O–H groups in total. The number of piperidine rings is 1. The standard InChI is InChI=1S/C17H20N4OS/c1-12-6-5-9-20(10-12)14(13-7-3-2-4-8-13)15-16(22)21-17(23-15)18-11-19-21/h2-4,7-8,11-12,14-15H,5-6,9-10H2,1H3. The molecule has 2 aliphatic rings. The lowest BCUT2D eigenvalue weighted by molar-refractivity contribution is 0.0788. The maximum Gasteiger partial charge on any atom is 0.264 e. The fraction of sp³-hybridized carbons (Fsp3) is 0.471. The molecule has 5 nitrogen and oxygen atoms in total. The van der Waals surface area contributed by atoms with E-state index in [1.807, 2.05) is 6.07 Å². The molecule has 6 heteroatoms. The number of benzene rings is 1. The zero-order valence-electron chi connectivity index (χ0n) is 13.1. The second-order valence-corrected chi connectivity index (χ2v) is 7.54. The Morgan fingerprint density at radius 3 is 2.87 bits per heavy atom. The first kappa shape index (κ1) is 14.9. The molecule has 0 spiro atoms. The van der Waals surface area contributed by atoms with Crippen LogP contribution in [0.25, 0.3) is 0 Å². The van der Waals surface area contributed by atoms with E-state index in [1.165, 1.54) is 29.4 Å². The Hall–Kier alpha value is -1.66. The van der Waals surface area contributed by atoms with Crippen molar-refractivity contribution in [2.75, 3.05) is 13.1 Å². The zero-order valence-corrected chi connectivity index (χ0v) is 13.9. The quantitative estimate of drug-likeness (QED) is 0.867. The lowest BCUT2D eigenvalue weighted by Gasteiger charge is -2.39. The smallest absolute Gasteiger partial charge is 0.264 e. The van der Waals surface area contributed by atoms with Crippen LogP contribution in [0.3, 0.4) is 0 Å². The van der Waals surface area contributed by atoms with Gasteiger partial charge in [-0.25, -0.2) is 4.98 Å². The van der Waals surface area contributed by atoms with Crippen molar-refractivity contribution in [1.82, 2.24) is 19.7 Å². The summed E-state index contributed by atoms with van der Waals surface area (Å²) in [7, 11) is 0. The number of hydrogen-bond acceptors (Lipinski definition) is 5. The first-order valence-electron chi connectivity index (χ1n) is 8.14. The van der Waals surface area contributed by atoms with Gasteiger partial charge in [0.05, 0.1) is 6.04 Å². The van der Waals surface area contributed by atoms with E-state index in [2.05, 4.69) is 46.2 Å². The summed E-state index contributed by atoms with van der Waals surface area (Å²) in [4.78, 5) is 19.5. The van der Waals surface area contributed by atoms with Crippen molar-refractivity contribution in [3.05, 3.63) is 42.2 Å². The van der Waals surface area contributed by atoms with Crippen molar-refractivity contribution < 1.29 is 4.79 Å². The summed E-state index contributed by atoms with van der Waals surface area (Å²) >= 11 is 1.55. The van der Waals surface area contributed by atoms with Gasteiger partial charge in [-0.3, -0.25) is 9.69 Å². The highest BCUT2D eigenvalue weighted by atomic mass is 32.2. The van der Waals surface area contributed by atoms with Crippen LogP contribution in [-0.4, -0.2) is 43.9 Å². The molecular formula is C17H20N4OS. The van der Waals surface area contributed by atoms with Crippen LogP contribution < -0.4 is 0 Å². The SMILES string of the molecule is CC1CCCN(C(c2ccccc2)C2Sc3ncnn3C2=O)C1. The van der Waals surface area contributed by atoms with Gasteiger partial charge in [-0.15, -0.1) is 0 Å². The van der Waals surface area contributed by atoms with Crippen LogP contribution in [0.4, 0.5) is 0 Å². The number of aromatic nitrogens is 3. The largest absolute Gasteiger partial charge is 0.294 e. The number of hydrogen-bond donors (Lipinski definition) is 0. The molecule has 3 unspecified atom stereocenters. The van der Waals surface area contributed by atoms with Gasteiger partial charge in [0.15, 0.2) is 5.16 Å². The average Bonchev–Trinajstić information content (AvgIpc) is 3.13. The van der Waals surface area contributed by atoms with Crippen molar-refractivity contribution in [1.29, 1.82) is 0 Å². The van der Waals surface area contributed by atoms with Gasteiger partial charge in [-0.2, -0.15) is 9.78 Å². The first-order chi connectivity index (χ1) is 11.2. The molecule has 3 atom stereocenters. The molecule has 120 valence electrons. The molecule has 3 heterocycles. The van der Waals surface area contributed by atoms with Gasteiger partial charge in [0.1, 0.15) is 11.6 Å². The Labute approximate surface area is 140 Å². The molecule has 4 rings (SSSR count). The van der Waals surface area contributed by atoms with Gasteiger partial charge in [0.2, 0.25) is 0 Å². The number of likely N-dealkylation sites (tertiary alicyclic amines) is 1. The highest BCUT2D eigenvalue weighted by molar-refractivity contribution is 8.00. The topological polar surface area (TPSA) is 51.0 Å². The van der Waals surface area contributed by atoms with E-state index in [0.717, 1.165) is 13.1 Å². The molecule has 23 heavy (non-hydrogen) atoms. The highest BCUT2D eigenvalue weighted by Gasteiger charge is 2.42. The van der Waals surface area contributed by atoms with Crippen LogP contribution in [0, 0.1) is 5.92 Å². The van der Waals surface area contributed by atoms with E-state index in [0.29, 0.717) is 11.1 Å². The predicted octanol–water partition coefficient (Wildman–Crippen LogP) is 2.87. The molecule has 0 amide bonds. The lowest BCUT2D eigenvalue weighted by atomic mass is 9.94. The number of carbonyl (C=O) groups excluding carboxylic acids is 1. The highest BCUT2D eigenvalue weighted by Crippen LogP contribution is 2.41. The van der Waals surface area contributed by atoms with Gasteiger partial charge in [0.25, 0.3) is 5.91 Å². The van der Waals surface area contributed by atoms with Crippen LogP contribution in [0.15, 0.2) is 41.8 Å². The summed E-state index contributed by atoms with van der Waals surface area (Å²) in [5.41, 5.74) is 1.21. The molecule has 1 fully saturated rings. The molecule has 2 aliphatic heterocycles. The Bertz CT molecular complexity index is 702. The van der Waals surface area contributed by atoms with Gasteiger partial charge in [-0.05, 0) is 30.9 Å². The molecule has 1 aromatic carbocycles. The van der Waals surface area contributed by atoms with Gasteiger partial charge in [-0.1, -0.05) is 49.0 Å². The van der Waals surface area contributed by atoms with Crippen LogP contribution in [-0.2, 0) is 0 Å². The van der Waals surface area contributed by atoms with Crippen molar-refractivity contribution in [2.45, 2.75) is 36.2 Å². The number of carbonyl (C=O) groups is 1. The minimum Gasteiger partial charge on any atom is -0.294 e. The summed E-state index contributed by atoms with van der Waals surface area (Å²) in [6.07, 6.45) is 3.92. The average molecular weight is 328 g/mol. The second kappa shape index (κ2) is 6.09. The normalized spacial score (nSPS) is 26.2. The number of rotatable bonds is 3. The summed E-state index contributed by atoms with van der Waals surface area (Å²) in [5.74, 6) is 0.723. The minimum atomic E-state index is -0.168. The first-order valence-corrected chi connectivity index (χ1v) is 9.02. The number of thioether (sulfide) groups is 1. The Morgan fingerprint density at radius 1 is 1.30 bits per heavy atom. The monoisotopic (exact) mass is 328 g/mol. The summed E-state index contributed by atoms with van der Waals surface area (Å²) in [6, 6.07) is 10.5. The maximum atomic E-state index is 12.8. The van der Waals surface area contributed by atoms with E-state index in [9.17, 15) is 4.79 Å². The van der Waals surface area contributed by atoms with Crippen molar-refractivity contribution in [3.8, 4) is 0 Å². The summed E-state index contributed by atoms with van der Waals surface area (Å²) in [5, 5.41) is 4.63. The maximum absolute atomic E-state index is 12.8.